The Kier molecular flexibility index (Phi) is 7.00. The van der Waals surface area contributed by atoms with Gasteiger partial charge in [-0.15, -0.1) is 0 Å². The molecular formula is C29H45FN2O5. The van der Waals surface area contributed by atoms with E-state index in [1.807, 2.05) is 6.92 Å². The molecule has 0 aromatic carbocycles. The third-order valence-electron chi connectivity index (χ3n) is 11.9. The Labute approximate surface area is 220 Å². The number of imide groups is 1. The number of alkyl halides is 1. The first kappa shape index (κ1) is 27.0. The van der Waals surface area contributed by atoms with Crippen molar-refractivity contribution in [1.82, 2.24) is 10.2 Å². The fourth-order valence-electron chi connectivity index (χ4n) is 9.51. The molecule has 2 aliphatic heterocycles. The summed E-state index contributed by atoms with van der Waals surface area (Å²) >= 11 is 0. The van der Waals surface area contributed by atoms with E-state index in [4.69, 9.17) is 4.74 Å². The average molecular weight is 521 g/mol. The molecule has 2 N–H and O–H groups in total. The van der Waals surface area contributed by atoms with Crippen LogP contribution >= 0.6 is 0 Å². The van der Waals surface area contributed by atoms with Gasteiger partial charge in [-0.25, -0.2) is 4.79 Å². The summed E-state index contributed by atoms with van der Waals surface area (Å²) in [6.07, 6.45) is 2.86. The number of nitrogens with one attached hydrogen (secondary N) is 1. The highest BCUT2D eigenvalue weighted by molar-refractivity contribution is 5.93. The van der Waals surface area contributed by atoms with E-state index in [1.165, 1.54) is 0 Å². The van der Waals surface area contributed by atoms with Crippen LogP contribution in [0.5, 0.6) is 0 Å². The third-order valence-corrected chi connectivity index (χ3v) is 11.9. The van der Waals surface area contributed by atoms with Crippen molar-refractivity contribution in [2.24, 2.45) is 45.8 Å². The Morgan fingerprint density at radius 2 is 1.95 bits per heavy atom. The van der Waals surface area contributed by atoms with Crippen molar-refractivity contribution in [3.8, 4) is 0 Å². The van der Waals surface area contributed by atoms with Gasteiger partial charge in [0.25, 0.3) is 0 Å². The number of hydrogen-bond acceptors (Lipinski definition) is 6. The monoisotopic (exact) mass is 520 g/mol. The van der Waals surface area contributed by atoms with E-state index in [0.717, 1.165) is 38.8 Å². The van der Waals surface area contributed by atoms with Crippen LogP contribution < -0.4 is 5.32 Å². The molecule has 2 saturated heterocycles. The normalized spacial score (nSPS) is 48.8. The highest BCUT2D eigenvalue weighted by atomic mass is 19.1. The summed E-state index contributed by atoms with van der Waals surface area (Å²) in [6.45, 7) is 10.4. The number of aliphatic hydroxyl groups is 1. The molecule has 3 aliphatic carbocycles. The minimum Gasteiger partial charge on any atom is -0.445 e. The van der Waals surface area contributed by atoms with Crippen LogP contribution in [0.3, 0.4) is 0 Å². The number of ether oxygens (including phenoxy) is 1. The predicted octanol–water partition coefficient (Wildman–Crippen LogP) is 4.12. The molecule has 2 heterocycles. The largest absolute Gasteiger partial charge is 0.445 e. The number of Topliss-reactive ketones (excluding diaryl/α,β-unsaturated/α-hetero) is 1. The number of fused-ring (bicyclic) bond motifs is 2. The van der Waals surface area contributed by atoms with Gasteiger partial charge in [0, 0.05) is 30.8 Å². The lowest BCUT2D eigenvalue weighted by molar-refractivity contribution is -0.199. The zero-order valence-electron chi connectivity index (χ0n) is 22.9. The first-order valence-corrected chi connectivity index (χ1v) is 14.5. The first-order chi connectivity index (χ1) is 17.5. The number of alkyl carbamates (subject to hydrolysis) is 1. The Morgan fingerprint density at radius 1 is 1.19 bits per heavy atom. The molecule has 11 atom stereocenters. The third kappa shape index (κ3) is 4.16. The molecule has 7 nitrogen and oxygen atoms in total. The molecule has 0 aromatic rings. The van der Waals surface area contributed by atoms with Crippen LogP contribution in [-0.2, 0) is 14.3 Å². The predicted molar refractivity (Wildman–Crippen MR) is 136 cm³/mol. The number of rotatable bonds is 5. The summed E-state index contributed by atoms with van der Waals surface area (Å²) in [5, 5.41) is 14.3. The Balaban J connectivity index is 1.46. The van der Waals surface area contributed by atoms with E-state index in [-0.39, 0.29) is 46.7 Å². The maximum Gasteiger partial charge on any atom is 0.414 e. The molecule has 5 aliphatic rings. The van der Waals surface area contributed by atoms with Gasteiger partial charge in [-0.1, -0.05) is 27.7 Å². The lowest BCUT2D eigenvalue weighted by Gasteiger charge is -2.62. The molecule has 5 rings (SSSR count). The SMILES string of the molecule is C[C@@H]1CCC23CCC(=O)C2[C@]1(C)[C@H](OC(=O)NC(=O)[C@H]1CN2CC[C@H]1C2)C[C@@](C)(CCCF)[C@@H](O)[C@@H]3C. The van der Waals surface area contributed by atoms with Crippen LogP contribution in [0.4, 0.5) is 9.18 Å². The minimum absolute atomic E-state index is 0.118. The van der Waals surface area contributed by atoms with Gasteiger partial charge in [0.1, 0.15) is 11.9 Å². The molecule has 3 unspecified atom stereocenters. The second kappa shape index (κ2) is 9.58. The molecule has 5 fully saturated rings. The van der Waals surface area contributed by atoms with E-state index >= 15 is 0 Å². The smallest absolute Gasteiger partial charge is 0.414 e. The van der Waals surface area contributed by atoms with E-state index in [2.05, 4.69) is 31.0 Å². The van der Waals surface area contributed by atoms with E-state index < -0.39 is 35.8 Å². The summed E-state index contributed by atoms with van der Waals surface area (Å²) in [6, 6.07) is 0. The van der Waals surface area contributed by atoms with E-state index in [0.29, 0.717) is 32.2 Å². The van der Waals surface area contributed by atoms with E-state index in [9.17, 15) is 23.9 Å². The van der Waals surface area contributed by atoms with Crippen molar-refractivity contribution in [3.63, 3.8) is 0 Å². The van der Waals surface area contributed by atoms with Crippen LogP contribution in [0, 0.1) is 45.8 Å². The first-order valence-electron chi connectivity index (χ1n) is 14.5. The molecule has 2 amide bonds. The summed E-state index contributed by atoms with van der Waals surface area (Å²) in [5.41, 5.74) is -1.67. The number of aliphatic hydroxyl groups excluding tert-OH is 1. The number of hydrogen-bond donors (Lipinski definition) is 2. The lowest BCUT2D eigenvalue weighted by atomic mass is 9.43. The average Bonchev–Trinajstić information content (AvgIpc) is 3.59. The van der Waals surface area contributed by atoms with Gasteiger partial charge in [0.05, 0.1) is 18.7 Å². The molecule has 37 heavy (non-hydrogen) atoms. The number of amides is 2. The van der Waals surface area contributed by atoms with Gasteiger partial charge >= 0.3 is 6.09 Å². The van der Waals surface area contributed by atoms with Crippen LogP contribution in [0.25, 0.3) is 0 Å². The molecular weight excluding hydrogens is 475 g/mol. The number of carbonyl (C=O) groups excluding carboxylic acids is 3. The lowest BCUT2D eigenvalue weighted by Crippen LogP contribution is -2.63. The highest BCUT2D eigenvalue weighted by Crippen LogP contribution is 2.68. The van der Waals surface area contributed by atoms with Crippen molar-refractivity contribution >= 4 is 17.8 Å². The number of piperidine rings is 1. The zero-order chi connectivity index (χ0) is 26.8. The van der Waals surface area contributed by atoms with E-state index in [1.54, 1.807) is 0 Å². The maximum atomic E-state index is 13.5. The quantitative estimate of drug-likeness (QED) is 0.566. The standard InChI is InChI=1S/C29H45FN2O5/c1-17-6-10-29-11-7-21(33)23(29)28(17,4)22(14-27(3,9-5-12-30)24(34)18(29)2)37-26(36)31-25(35)20-16-32-13-8-19(20)15-32/h17-20,22-24,34H,5-16H2,1-4H3,(H,31,35,36)/t17-,18+,19+,20+,22-,23?,24+,27-,28+,29?/m1/s1. The van der Waals surface area contributed by atoms with Gasteiger partial charge in [0.2, 0.25) is 5.91 Å². The number of carbonyl (C=O) groups is 3. The van der Waals surface area contributed by atoms with Crippen molar-refractivity contribution in [3.05, 3.63) is 0 Å². The molecule has 4 bridgehead atoms. The fourth-order valence-corrected chi connectivity index (χ4v) is 9.51. The van der Waals surface area contributed by atoms with Gasteiger partial charge in [-0.05, 0) is 80.1 Å². The minimum atomic E-state index is -0.765. The Bertz CT molecular complexity index is 945. The number of ketones is 1. The van der Waals surface area contributed by atoms with Crippen molar-refractivity contribution in [2.75, 3.05) is 26.3 Å². The molecule has 208 valence electrons. The van der Waals surface area contributed by atoms with Gasteiger partial charge in [0.15, 0.2) is 0 Å². The van der Waals surface area contributed by atoms with Gasteiger partial charge in [-0.3, -0.25) is 19.3 Å². The maximum absolute atomic E-state index is 13.5. The van der Waals surface area contributed by atoms with Crippen LogP contribution in [0.2, 0.25) is 0 Å². The van der Waals surface area contributed by atoms with Crippen LogP contribution in [0.1, 0.15) is 79.1 Å². The number of nitrogens with zero attached hydrogens (tertiary/aromatic N) is 1. The molecule has 0 aromatic heterocycles. The van der Waals surface area contributed by atoms with Crippen LogP contribution in [0.15, 0.2) is 0 Å². The van der Waals surface area contributed by atoms with Crippen molar-refractivity contribution in [2.45, 2.75) is 91.3 Å². The Hall–Kier alpha value is -1.54. The van der Waals surface area contributed by atoms with Gasteiger partial charge < -0.3 is 14.7 Å². The molecule has 0 spiro atoms. The second-order valence-corrected chi connectivity index (χ2v) is 13.6. The Morgan fingerprint density at radius 3 is 2.59 bits per heavy atom. The zero-order valence-corrected chi connectivity index (χ0v) is 22.9. The van der Waals surface area contributed by atoms with Crippen molar-refractivity contribution in [1.29, 1.82) is 0 Å². The van der Waals surface area contributed by atoms with Gasteiger partial charge in [-0.2, -0.15) is 0 Å². The molecule has 8 heteroatoms. The summed E-state index contributed by atoms with van der Waals surface area (Å²) < 4.78 is 19.5. The fraction of sp³-hybridized carbons (Fsp3) is 0.897. The summed E-state index contributed by atoms with van der Waals surface area (Å²) in [4.78, 5) is 42.0. The second-order valence-electron chi connectivity index (χ2n) is 13.6. The molecule has 0 radical (unpaired) electrons. The highest BCUT2D eigenvalue weighted by Gasteiger charge is 2.68. The topological polar surface area (TPSA) is 95.9 Å². The summed E-state index contributed by atoms with van der Waals surface area (Å²) in [7, 11) is 0. The van der Waals surface area contributed by atoms with Crippen molar-refractivity contribution < 1.29 is 28.6 Å². The molecule has 3 saturated carbocycles. The number of halogens is 1. The van der Waals surface area contributed by atoms with Crippen LogP contribution in [-0.4, -0.2) is 66.3 Å². The summed E-state index contributed by atoms with van der Waals surface area (Å²) in [5.74, 6) is -0.332.